The Morgan fingerprint density at radius 3 is 3.27 bits per heavy atom. The van der Waals surface area contributed by atoms with E-state index in [0.717, 1.165) is 17.7 Å². The number of ketones is 1. The molecule has 0 saturated carbocycles. The molecule has 1 aromatic heterocycles. The van der Waals surface area contributed by atoms with E-state index in [4.69, 9.17) is 0 Å². The summed E-state index contributed by atoms with van der Waals surface area (Å²) >= 11 is 1.59. The number of aryl methyl sites for hydroxylation is 1. The lowest BCUT2D eigenvalue weighted by Gasteiger charge is -2.15. The van der Waals surface area contributed by atoms with Crippen molar-refractivity contribution in [1.82, 2.24) is 0 Å². The van der Waals surface area contributed by atoms with E-state index >= 15 is 0 Å². The van der Waals surface area contributed by atoms with E-state index in [1.54, 1.807) is 11.3 Å². The molecule has 0 bridgehead atoms. The summed E-state index contributed by atoms with van der Waals surface area (Å²) in [5, 5.41) is 2.01. The van der Waals surface area contributed by atoms with Crippen molar-refractivity contribution in [1.29, 1.82) is 0 Å². The molecule has 1 heterocycles. The molecule has 0 spiro atoms. The molecular weight excluding hydrogens is 156 g/mol. The Morgan fingerprint density at radius 2 is 2.45 bits per heavy atom. The summed E-state index contributed by atoms with van der Waals surface area (Å²) in [6.45, 7) is 2.02. The van der Waals surface area contributed by atoms with Crippen molar-refractivity contribution >= 4 is 17.1 Å². The van der Waals surface area contributed by atoms with Crippen LogP contribution in [-0.2, 0) is 6.42 Å². The highest BCUT2D eigenvalue weighted by atomic mass is 32.1. The van der Waals surface area contributed by atoms with Gasteiger partial charge in [-0.15, -0.1) is 11.3 Å². The molecule has 1 aromatic rings. The topological polar surface area (TPSA) is 17.1 Å². The SMILES string of the molecule is C[C@@H]1CCc2ccsc2C1=O. The molecule has 0 saturated heterocycles. The molecule has 1 aliphatic rings. The van der Waals surface area contributed by atoms with Crippen LogP contribution in [0.1, 0.15) is 28.6 Å². The number of rotatable bonds is 0. The Kier molecular flexibility index (Phi) is 1.57. The average molecular weight is 166 g/mol. The zero-order valence-corrected chi connectivity index (χ0v) is 7.28. The van der Waals surface area contributed by atoms with Gasteiger partial charge < -0.3 is 0 Å². The van der Waals surface area contributed by atoms with Crippen molar-refractivity contribution in [3.05, 3.63) is 21.9 Å². The van der Waals surface area contributed by atoms with Gasteiger partial charge in [0.2, 0.25) is 0 Å². The molecule has 58 valence electrons. The van der Waals surface area contributed by atoms with Gasteiger partial charge in [0.15, 0.2) is 5.78 Å². The second-order valence-electron chi connectivity index (χ2n) is 3.08. The fraction of sp³-hybridized carbons (Fsp3) is 0.444. The Balaban J connectivity index is 2.46. The van der Waals surface area contributed by atoms with Crippen LogP contribution in [-0.4, -0.2) is 5.78 Å². The van der Waals surface area contributed by atoms with Crippen LogP contribution in [0.5, 0.6) is 0 Å². The first-order valence-electron chi connectivity index (χ1n) is 3.89. The molecular formula is C9H10OS. The third kappa shape index (κ3) is 1.02. The predicted molar refractivity (Wildman–Crippen MR) is 46.1 cm³/mol. The van der Waals surface area contributed by atoms with Crippen LogP contribution in [0.15, 0.2) is 11.4 Å². The van der Waals surface area contributed by atoms with Gasteiger partial charge in [-0.05, 0) is 29.9 Å². The maximum atomic E-state index is 11.5. The van der Waals surface area contributed by atoms with Gasteiger partial charge in [-0.1, -0.05) is 6.92 Å². The first kappa shape index (κ1) is 7.04. The second kappa shape index (κ2) is 2.45. The molecule has 1 nitrogen and oxygen atoms in total. The maximum absolute atomic E-state index is 11.5. The average Bonchev–Trinajstić information content (AvgIpc) is 2.45. The van der Waals surface area contributed by atoms with E-state index in [1.165, 1.54) is 5.56 Å². The molecule has 0 unspecified atom stereocenters. The summed E-state index contributed by atoms with van der Waals surface area (Å²) in [7, 11) is 0. The summed E-state index contributed by atoms with van der Waals surface area (Å²) < 4.78 is 0. The van der Waals surface area contributed by atoms with Crippen LogP contribution in [0.4, 0.5) is 0 Å². The number of fused-ring (bicyclic) bond motifs is 1. The first-order chi connectivity index (χ1) is 5.29. The third-order valence-electron chi connectivity index (χ3n) is 2.26. The smallest absolute Gasteiger partial charge is 0.175 e. The first-order valence-corrected chi connectivity index (χ1v) is 4.77. The number of carbonyl (C=O) groups is 1. The largest absolute Gasteiger partial charge is 0.293 e. The van der Waals surface area contributed by atoms with Gasteiger partial charge in [0, 0.05) is 5.92 Å². The van der Waals surface area contributed by atoms with Crippen molar-refractivity contribution < 1.29 is 4.79 Å². The fourth-order valence-electron chi connectivity index (χ4n) is 1.48. The van der Waals surface area contributed by atoms with Crippen LogP contribution in [0.25, 0.3) is 0 Å². The molecule has 0 radical (unpaired) electrons. The van der Waals surface area contributed by atoms with Crippen LogP contribution in [0.2, 0.25) is 0 Å². The summed E-state index contributed by atoms with van der Waals surface area (Å²) in [5.74, 6) is 0.599. The number of thiophene rings is 1. The van der Waals surface area contributed by atoms with Gasteiger partial charge in [0.25, 0.3) is 0 Å². The molecule has 0 aromatic carbocycles. The monoisotopic (exact) mass is 166 g/mol. The van der Waals surface area contributed by atoms with Gasteiger partial charge in [0.05, 0.1) is 4.88 Å². The number of Topliss-reactive ketones (excluding diaryl/α,β-unsaturated/α-hetero) is 1. The lowest BCUT2D eigenvalue weighted by molar-refractivity contribution is 0.0918. The summed E-state index contributed by atoms with van der Waals surface area (Å²) in [6, 6.07) is 2.07. The van der Waals surface area contributed by atoms with Crippen molar-refractivity contribution in [2.24, 2.45) is 5.92 Å². The molecule has 0 aliphatic heterocycles. The van der Waals surface area contributed by atoms with Crippen molar-refractivity contribution in [3.63, 3.8) is 0 Å². The van der Waals surface area contributed by atoms with Gasteiger partial charge in [-0.25, -0.2) is 0 Å². The number of carbonyl (C=O) groups excluding carboxylic acids is 1. The van der Waals surface area contributed by atoms with Crippen LogP contribution < -0.4 is 0 Å². The van der Waals surface area contributed by atoms with Crippen molar-refractivity contribution in [3.8, 4) is 0 Å². The van der Waals surface area contributed by atoms with E-state index in [-0.39, 0.29) is 5.92 Å². The molecule has 1 atom stereocenters. The summed E-state index contributed by atoms with van der Waals surface area (Å²) in [4.78, 5) is 12.5. The highest BCUT2D eigenvalue weighted by molar-refractivity contribution is 7.12. The minimum absolute atomic E-state index is 0.251. The summed E-state index contributed by atoms with van der Waals surface area (Å²) in [6.07, 6.45) is 2.12. The Labute approximate surface area is 70.1 Å². The highest BCUT2D eigenvalue weighted by Gasteiger charge is 2.24. The lowest BCUT2D eigenvalue weighted by atomic mass is 9.89. The van der Waals surface area contributed by atoms with Crippen molar-refractivity contribution in [2.75, 3.05) is 0 Å². The van der Waals surface area contributed by atoms with Gasteiger partial charge in [0.1, 0.15) is 0 Å². The molecule has 0 N–H and O–H groups in total. The zero-order valence-electron chi connectivity index (χ0n) is 6.46. The summed E-state index contributed by atoms with van der Waals surface area (Å²) in [5.41, 5.74) is 1.26. The third-order valence-corrected chi connectivity index (χ3v) is 3.24. The maximum Gasteiger partial charge on any atom is 0.175 e. The fourth-order valence-corrected chi connectivity index (χ4v) is 2.48. The zero-order chi connectivity index (χ0) is 7.84. The normalized spacial score (nSPS) is 23.4. The molecule has 0 amide bonds. The van der Waals surface area contributed by atoms with Crippen LogP contribution in [0.3, 0.4) is 0 Å². The molecule has 0 fully saturated rings. The Bertz CT molecular complexity index is 288. The Morgan fingerprint density at radius 1 is 1.64 bits per heavy atom. The molecule has 1 aliphatic carbocycles. The quantitative estimate of drug-likeness (QED) is 0.578. The highest BCUT2D eigenvalue weighted by Crippen LogP contribution is 2.28. The molecule has 2 heteroatoms. The van der Waals surface area contributed by atoms with E-state index in [1.807, 2.05) is 12.3 Å². The van der Waals surface area contributed by atoms with Gasteiger partial charge in [-0.3, -0.25) is 4.79 Å². The van der Waals surface area contributed by atoms with Crippen LogP contribution in [0, 0.1) is 5.92 Å². The van der Waals surface area contributed by atoms with E-state index in [9.17, 15) is 4.79 Å². The van der Waals surface area contributed by atoms with Crippen molar-refractivity contribution in [2.45, 2.75) is 19.8 Å². The minimum Gasteiger partial charge on any atom is -0.293 e. The lowest BCUT2D eigenvalue weighted by Crippen LogP contribution is -2.17. The minimum atomic E-state index is 0.251. The molecule has 2 rings (SSSR count). The molecule has 11 heavy (non-hydrogen) atoms. The van der Waals surface area contributed by atoms with E-state index in [2.05, 4.69) is 6.07 Å². The number of hydrogen-bond acceptors (Lipinski definition) is 2. The standard InChI is InChI=1S/C9H10OS/c1-6-2-3-7-4-5-11-9(7)8(6)10/h4-6H,2-3H2,1H3/t6-/m1/s1. The second-order valence-corrected chi connectivity index (χ2v) is 4.00. The van der Waals surface area contributed by atoms with Gasteiger partial charge >= 0.3 is 0 Å². The van der Waals surface area contributed by atoms with E-state index < -0.39 is 0 Å². The Hall–Kier alpha value is -0.630. The van der Waals surface area contributed by atoms with Gasteiger partial charge in [-0.2, -0.15) is 0 Å². The van der Waals surface area contributed by atoms with Crippen LogP contribution >= 0.6 is 11.3 Å². The predicted octanol–water partition coefficient (Wildman–Crippen LogP) is 2.51. The van der Waals surface area contributed by atoms with E-state index in [0.29, 0.717) is 5.78 Å². The number of hydrogen-bond donors (Lipinski definition) is 0.